The Morgan fingerprint density at radius 1 is 0.336 bits per heavy atom. The molecule has 0 radical (unpaired) electrons. The molecule has 4 saturated heterocycles. The maximum absolute atomic E-state index is 16.2. The zero-order valence-corrected chi connectivity index (χ0v) is 66.8. The predicted molar refractivity (Wildman–Crippen MR) is 419 cm³/mol. The Hall–Kier alpha value is -9.91. The Balaban J connectivity index is 1.03. The van der Waals surface area contributed by atoms with Crippen LogP contribution in [0.3, 0.4) is 0 Å². The van der Waals surface area contributed by atoms with Gasteiger partial charge in [0.05, 0.1) is 76.7 Å². The van der Waals surface area contributed by atoms with Crippen molar-refractivity contribution in [2.24, 2.45) is 0 Å². The summed E-state index contributed by atoms with van der Waals surface area (Å²) in [6.07, 6.45) is -32.7. The zero-order valence-electron chi connectivity index (χ0n) is 66.0. The number of carbonyl (C=O) groups excluding carboxylic acids is 6. The molecule has 5 heterocycles. The van der Waals surface area contributed by atoms with Crippen molar-refractivity contribution in [1.29, 1.82) is 0 Å². The maximum atomic E-state index is 16.2. The van der Waals surface area contributed by atoms with E-state index < -0.39 is 182 Å². The van der Waals surface area contributed by atoms with Gasteiger partial charge in [-0.1, -0.05) is 224 Å². The van der Waals surface area contributed by atoms with Crippen LogP contribution in [0.5, 0.6) is 0 Å². The summed E-state index contributed by atoms with van der Waals surface area (Å²) in [5.41, 5.74) is 4.79. The normalized spacial score (nSPS) is 27.5. The van der Waals surface area contributed by atoms with Gasteiger partial charge in [-0.05, 0) is 58.0 Å². The van der Waals surface area contributed by atoms with Crippen LogP contribution in [0.2, 0.25) is 0 Å². The lowest BCUT2D eigenvalue weighted by Gasteiger charge is -2.54. The lowest BCUT2D eigenvalue weighted by Crippen LogP contribution is -2.72. The number of hydrogen-bond acceptors (Lipinski definition) is 27. The van der Waals surface area contributed by atoms with Crippen molar-refractivity contribution in [2.75, 3.05) is 19.8 Å². The van der Waals surface area contributed by atoms with E-state index in [0.717, 1.165) is 42.4 Å². The molecule has 29 nitrogen and oxygen atoms in total. The molecule has 0 spiro atoms. The van der Waals surface area contributed by atoms with Gasteiger partial charge in [-0.2, -0.15) is 8.42 Å². The Bertz CT molecular complexity index is 4670. The average Bonchev–Trinajstić information content (AvgIpc) is 1.71. The van der Waals surface area contributed by atoms with Crippen molar-refractivity contribution in [2.45, 2.75) is 204 Å². The minimum atomic E-state index is -5.73. The third-order valence-corrected chi connectivity index (χ3v) is 20.8. The highest BCUT2D eigenvalue weighted by molar-refractivity contribution is 7.80. The van der Waals surface area contributed by atoms with E-state index in [-0.39, 0.29) is 64.0 Å². The van der Waals surface area contributed by atoms with E-state index in [4.69, 9.17) is 89.4 Å². The van der Waals surface area contributed by atoms with Gasteiger partial charge in [0.25, 0.3) is 11.8 Å². The van der Waals surface area contributed by atoms with E-state index in [2.05, 4.69) is 0 Å². The number of imide groups is 1. The molecule has 630 valence electrons. The smallest absolute Gasteiger partial charge is 0.397 e. The molecular formula is C89H95NO28S. The number of esters is 4. The van der Waals surface area contributed by atoms with Gasteiger partial charge in [-0.25, -0.2) is 4.18 Å². The van der Waals surface area contributed by atoms with Gasteiger partial charge >= 0.3 is 34.3 Å². The summed E-state index contributed by atoms with van der Waals surface area (Å²) in [6.45, 7) is 3.65. The summed E-state index contributed by atoms with van der Waals surface area (Å²) < 4.78 is 166. The maximum Gasteiger partial charge on any atom is 0.397 e. The fourth-order valence-corrected chi connectivity index (χ4v) is 15.4. The van der Waals surface area contributed by atoms with Crippen LogP contribution in [0, 0.1) is 0 Å². The molecule has 5 aliphatic heterocycles. The van der Waals surface area contributed by atoms with E-state index in [0.29, 0.717) is 22.3 Å². The molecule has 8 aromatic carbocycles. The molecule has 0 aromatic heterocycles. The largest absolute Gasteiger partial charge is 0.463 e. The van der Waals surface area contributed by atoms with E-state index in [1.165, 1.54) is 31.2 Å². The summed E-state index contributed by atoms with van der Waals surface area (Å²) in [7, 11) is -5.73. The molecule has 5 aliphatic rings. The van der Waals surface area contributed by atoms with Gasteiger partial charge in [0, 0.05) is 27.7 Å². The number of fused-ring (bicyclic) bond motifs is 1. The zero-order chi connectivity index (χ0) is 83.4. The number of amides is 2. The van der Waals surface area contributed by atoms with Gasteiger partial charge in [0.15, 0.2) is 49.6 Å². The number of hydrogen-bond donors (Lipinski definition) is 1. The second-order valence-electron chi connectivity index (χ2n) is 29.0. The molecule has 4 fully saturated rings. The van der Waals surface area contributed by atoms with Gasteiger partial charge < -0.3 is 85.3 Å². The Morgan fingerprint density at radius 3 is 1.09 bits per heavy atom. The lowest BCUT2D eigenvalue weighted by atomic mass is 9.92. The van der Waals surface area contributed by atoms with Crippen LogP contribution in [0.15, 0.2) is 237 Å². The SMILES string of the molecule is CC(=O)OC[C@H]1O[C@@H](O[C@H]2[C@H](O[C@@H]3O[C@@H](C)[C@@H](OCc4ccccc4)[C@@H](OCc4ccccc4)[C@@H]3OCc3ccccc3)[C@@H](COCc3ccccc3)O[C@@H](O[C@H]3[C@@H](OC(C)=O)[C@@H](COCc4ccccc4)O[C@@H](OCc4ccccc4)[C@@H]3OCc3ccccc3)[C@@H]2N2C(=O)c3ccccc3C2=O)[C@H](OC(C)=O)[C@@H](OS(=O)(=O)O)[C@H]1OC(C)=O. The van der Waals surface area contributed by atoms with Crippen molar-refractivity contribution >= 4 is 46.1 Å². The molecule has 2 amide bonds. The summed E-state index contributed by atoms with van der Waals surface area (Å²) in [5, 5.41) is 0. The van der Waals surface area contributed by atoms with E-state index >= 15 is 9.59 Å². The molecule has 0 saturated carbocycles. The Labute approximate surface area is 688 Å². The topological polar surface area (TPSA) is 335 Å². The second-order valence-corrected chi connectivity index (χ2v) is 30.1. The van der Waals surface area contributed by atoms with Crippen molar-refractivity contribution < 1.29 is 131 Å². The molecule has 8 aromatic rings. The molecule has 0 unspecified atom stereocenters. The quantitative estimate of drug-likeness (QED) is 0.0164. The first-order valence-corrected chi connectivity index (χ1v) is 40.4. The van der Waals surface area contributed by atoms with Gasteiger partial charge in [0.2, 0.25) is 0 Å². The number of benzene rings is 8. The van der Waals surface area contributed by atoms with E-state index in [1.807, 2.05) is 188 Å². The van der Waals surface area contributed by atoms with Crippen LogP contribution in [0.1, 0.15) is 94.3 Å². The molecule has 20 atom stereocenters. The second kappa shape index (κ2) is 41.9. The molecule has 0 aliphatic carbocycles. The highest BCUT2D eigenvalue weighted by atomic mass is 32.3. The first kappa shape index (κ1) is 86.9. The van der Waals surface area contributed by atoms with Gasteiger partial charge in [-0.15, -0.1) is 0 Å². The summed E-state index contributed by atoms with van der Waals surface area (Å²) >= 11 is 0. The average molecular weight is 1660 g/mol. The van der Waals surface area contributed by atoms with Crippen molar-refractivity contribution in [3.8, 4) is 0 Å². The molecule has 119 heavy (non-hydrogen) atoms. The first-order valence-electron chi connectivity index (χ1n) is 39.0. The Kier molecular flexibility index (Phi) is 30.6. The molecule has 30 heteroatoms. The van der Waals surface area contributed by atoms with Crippen LogP contribution in [0.4, 0.5) is 0 Å². The molecule has 13 rings (SSSR count). The van der Waals surface area contributed by atoms with Gasteiger partial charge in [0.1, 0.15) is 73.7 Å². The molecule has 0 bridgehead atoms. The first-order chi connectivity index (χ1) is 57.7. The number of carbonyl (C=O) groups is 6. The summed E-state index contributed by atoms with van der Waals surface area (Å²) in [4.78, 5) is 87.6. The third kappa shape index (κ3) is 23.4. The number of nitrogens with zero attached hydrogens (tertiary/aromatic N) is 1. The van der Waals surface area contributed by atoms with Crippen molar-refractivity contribution in [3.05, 3.63) is 287 Å². The van der Waals surface area contributed by atoms with Crippen LogP contribution in [-0.2, 0) is 165 Å². The number of rotatable bonds is 37. The highest BCUT2D eigenvalue weighted by Gasteiger charge is 2.63. The standard InChI is InChI=1S/C89H95NO28S/c1-55-73(103-47-62-33-17-8-18-34-62)78(104-48-63-35-19-9-20-36-63)81(105-49-64-37-21-10-22-38-64)88(108-55)115-74-69(52-100-45-60-29-13-6-14-30-60)112-86(117-79-75(109-57(3)92)70(53-101-46-61-31-15-7-16-32-61)113-87(107-51-66-41-25-12-26-42-66)82(79)106-50-65-39-23-11-24-40-65)72(90-84(95)67-43-27-28-44-68(67)85(90)96)77(74)116-89-83(111-59(5)94)80(118-119(97,98)99)76(110-58(4)93)71(114-89)54-102-56(2)91/h6-44,55,69-83,86-89H,45-54H2,1-5H3,(H,97,98,99)/t55-,69+,70+,71+,72+,73+,74+,75-,76-,77+,78+,79-,80-,81-,82+,83+,86-,87+,88-,89-/m0/s1. The highest BCUT2D eigenvalue weighted by Crippen LogP contribution is 2.44. The summed E-state index contributed by atoms with van der Waals surface area (Å²) in [6, 6.07) is 68.2. The third-order valence-electron chi connectivity index (χ3n) is 20.3. The molecule has 1 N–H and O–H groups in total. The monoisotopic (exact) mass is 1660 g/mol. The number of ether oxygens (including phenoxy) is 18. The molecular weight excluding hydrogens is 1560 g/mol. The fourth-order valence-electron chi connectivity index (χ4n) is 14.9. The van der Waals surface area contributed by atoms with E-state index in [9.17, 15) is 32.1 Å². The van der Waals surface area contributed by atoms with Crippen LogP contribution < -0.4 is 0 Å². The van der Waals surface area contributed by atoms with Crippen molar-refractivity contribution in [1.82, 2.24) is 4.90 Å². The van der Waals surface area contributed by atoms with Crippen LogP contribution >= 0.6 is 0 Å². The lowest BCUT2D eigenvalue weighted by molar-refractivity contribution is -0.395. The van der Waals surface area contributed by atoms with Crippen LogP contribution in [-0.4, -0.2) is 196 Å². The van der Waals surface area contributed by atoms with E-state index in [1.54, 1.807) is 31.2 Å². The minimum Gasteiger partial charge on any atom is -0.463 e. The predicted octanol–water partition coefficient (Wildman–Crippen LogP) is 10.3. The Morgan fingerprint density at radius 2 is 0.664 bits per heavy atom. The van der Waals surface area contributed by atoms with Gasteiger partial charge in [-0.3, -0.25) is 38.2 Å². The van der Waals surface area contributed by atoms with Crippen molar-refractivity contribution in [3.63, 3.8) is 0 Å². The minimum absolute atomic E-state index is 0.0165. The summed E-state index contributed by atoms with van der Waals surface area (Å²) in [5.74, 6) is -5.98. The van der Waals surface area contributed by atoms with Crippen LogP contribution in [0.25, 0.3) is 0 Å². The fraction of sp³-hybridized carbons (Fsp3) is 0.393.